The average molecular weight is 409 g/mol. The number of amides is 2. The van der Waals surface area contributed by atoms with Gasteiger partial charge < -0.3 is 10.6 Å². The Balaban J connectivity index is 1.58. The summed E-state index contributed by atoms with van der Waals surface area (Å²) in [6.07, 6.45) is 7.24. The van der Waals surface area contributed by atoms with E-state index >= 15 is 0 Å². The summed E-state index contributed by atoms with van der Waals surface area (Å²) in [6.45, 7) is 0.364. The molecule has 0 spiro atoms. The Morgan fingerprint density at radius 1 is 1.07 bits per heavy atom. The topological polar surface area (TPSA) is 71.1 Å². The van der Waals surface area contributed by atoms with Crippen molar-refractivity contribution in [2.75, 3.05) is 5.32 Å². The Hall–Kier alpha value is -3.06. The summed E-state index contributed by atoms with van der Waals surface area (Å²) in [6, 6.07) is 9.07. The van der Waals surface area contributed by atoms with Crippen LogP contribution in [-0.2, 0) is 19.4 Å². The van der Waals surface area contributed by atoms with Gasteiger partial charge in [-0.25, -0.2) is 4.39 Å². The van der Waals surface area contributed by atoms with Gasteiger partial charge in [-0.05, 0) is 67.1 Å². The number of fused-ring (bicyclic) bond motifs is 1. The molecule has 29 heavy (non-hydrogen) atoms. The van der Waals surface area contributed by atoms with Gasteiger partial charge in [0.2, 0.25) is 0 Å². The highest BCUT2D eigenvalue weighted by Gasteiger charge is 2.26. The summed E-state index contributed by atoms with van der Waals surface area (Å²) < 4.78 is 13.1. The first-order valence-electron chi connectivity index (χ1n) is 9.50. The lowest BCUT2D eigenvalue weighted by atomic mass is 9.95. The van der Waals surface area contributed by atoms with Crippen molar-refractivity contribution in [2.24, 2.45) is 0 Å². The van der Waals surface area contributed by atoms with E-state index < -0.39 is 5.82 Å². The van der Waals surface area contributed by atoms with Gasteiger partial charge in [0, 0.05) is 29.4 Å². The van der Waals surface area contributed by atoms with Gasteiger partial charge in [-0.2, -0.15) is 0 Å². The third-order valence-corrected chi connectivity index (χ3v) is 6.11. The van der Waals surface area contributed by atoms with Gasteiger partial charge in [0.1, 0.15) is 10.8 Å². The third-order valence-electron chi connectivity index (χ3n) is 4.91. The summed E-state index contributed by atoms with van der Waals surface area (Å²) in [5.41, 5.74) is 2.82. The van der Waals surface area contributed by atoms with Crippen LogP contribution in [0.2, 0.25) is 0 Å². The van der Waals surface area contributed by atoms with E-state index in [-0.39, 0.29) is 11.8 Å². The molecule has 2 heterocycles. The van der Waals surface area contributed by atoms with E-state index in [1.54, 1.807) is 12.4 Å². The molecule has 0 unspecified atom stereocenters. The van der Waals surface area contributed by atoms with Crippen molar-refractivity contribution in [1.29, 1.82) is 0 Å². The SMILES string of the molecule is O=C(Nc1sc2c(c1C(=O)NCc1cccnc1)CCCC2)c1ccc(F)cc1. The molecule has 1 aliphatic rings. The van der Waals surface area contributed by atoms with Gasteiger partial charge in [-0.3, -0.25) is 14.6 Å². The number of nitrogens with one attached hydrogen (secondary N) is 2. The fraction of sp³-hybridized carbons (Fsp3) is 0.227. The highest BCUT2D eigenvalue weighted by atomic mass is 32.1. The first-order chi connectivity index (χ1) is 14.1. The van der Waals surface area contributed by atoms with Crippen LogP contribution in [0.25, 0.3) is 0 Å². The number of nitrogens with zero attached hydrogens (tertiary/aromatic N) is 1. The number of aromatic nitrogens is 1. The fourth-order valence-electron chi connectivity index (χ4n) is 3.44. The first-order valence-corrected chi connectivity index (χ1v) is 10.3. The average Bonchev–Trinajstić information content (AvgIpc) is 3.11. The van der Waals surface area contributed by atoms with E-state index in [9.17, 15) is 14.0 Å². The normalized spacial score (nSPS) is 12.9. The van der Waals surface area contributed by atoms with Gasteiger partial charge in [0.15, 0.2) is 0 Å². The van der Waals surface area contributed by atoms with Gasteiger partial charge in [-0.1, -0.05) is 6.07 Å². The number of pyridine rings is 1. The fourth-order valence-corrected chi connectivity index (χ4v) is 4.73. The molecule has 148 valence electrons. The molecule has 2 aromatic heterocycles. The predicted octanol–water partition coefficient (Wildman–Crippen LogP) is 4.34. The number of hydrogen-bond donors (Lipinski definition) is 2. The monoisotopic (exact) mass is 409 g/mol. The maximum absolute atomic E-state index is 13.1. The summed E-state index contributed by atoms with van der Waals surface area (Å²) >= 11 is 1.46. The van der Waals surface area contributed by atoms with E-state index in [0.717, 1.165) is 41.7 Å². The van der Waals surface area contributed by atoms with Gasteiger partial charge in [0.05, 0.1) is 5.56 Å². The van der Waals surface area contributed by atoms with Crippen LogP contribution in [0.15, 0.2) is 48.8 Å². The van der Waals surface area contributed by atoms with Gasteiger partial charge >= 0.3 is 0 Å². The quantitative estimate of drug-likeness (QED) is 0.658. The van der Waals surface area contributed by atoms with E-state index in [1.165, 1.54) is 35.6 Å². The van der Waals surface area contributed by atoms with Crippen molar-refractivity contribution in [3.63, 3.8) is 0 Å². The molecular formula is C22H20FN3O2S. The number of carbonyl (C=O) groups is 2. The second-order valence-electron chi connectivity index (χ2n) is 6.92. The molecule has 0 aliphatic heterocycles. The number of thiophene rings is 1. The van der Waals surface area contributed by atoms with Crippen LogP contribution in [0, 0.1) is 5.82 Å². The Morgan fingerprint density at radius 2 is 1.86 bits per heavy atom. The second kappa shape index (κ2) is 8.53. The summed E-state index contributed by atoms with van der Waals surface area (Å²) in [7, 11) is 0. The number of rotatable bonds is 5. The zero-order valence-electron chi connectivity index (χ0n) is 15.7. The van der Waals surface area contributed by atoms with Crippen molar-refractivity contribution >= 4 is 28.2 Å². The molecule has 2 amide bonds. The first kappa shape index (κ1) is 19.3. The van der Waals surface area contributed by atoms with Crippen LogP contribution < -0.4 is 10.6 Å². The second-order valence-corrected chi connectivity index (χ2v) is 8.03. The van der Waals surface area contributed by atoms with Crippen molar-refractivity contribution < 1.29 is 14.0 Å². The maximum Gasteiger partial charge on any atom is 0.256 e. The van der Waals surface area contributed by atoms with Crippen LogP contribution in [0.3, 0.4) is 0 Å². The minimum Gasteiger partial charge on any atom is -0.348 e. The van der Waals surface area contributed by atoms with Crippen LogP contribution in [0.1, 0.15) is 49.6 Å². The van der Waals surface area contributed by atoms with Crippen molar-refractivity contribution in [3.05, 3.63) is 81.7 Å². The number of benzene rings is 1. The van der Waals surface area contributed by atoms with Crippen LogP contribution in [0.4, 0.5) is 9.39 Å². The number of halogens is 1. The number of anilines is 1. The molecule has 1 aliphatic carbocycles. The van der Waals surface area contributed by atoms with Crippen LogP contribution in [0.5, 0.6) is 0 Å². The van der Waals surface area contributed by atoms with E-state index in [2.05, 4.69) is 15.6 Å². The smallest absolute Gasteiger partial charge is 0.256 e. The minimum atomic E-state index is -0.399. The van der Waals surface area contributed by atoms with E-state index in [0.29, 0.717) is 22.7 Å². The molecule has 3 aromatic rings. The lowest BCUT2D eigenvalue weighted by Crippen LogP contribution is -2.25. The lowest BCUT2D eigenvalue weighted by molar-refractivity contribution is 0.0951. The van der Waals surface area contributed by atoms with Gasteiger partial charge in [-0.15, -0.1) is 11.3 Å². The largest absolute Gasteiger partial charge is 0.348 e. The Bertz CT molecular complexity index is 1030. The Labute approximate surface area is 172 Å². The summed E-state index contributed by atoms with van der Waals surface area (Å²) in [5.74, 6) is -0.962. The molecule has 2 N–H and O–H groups in total. The minimum absolute atomic E-state index is 0.206. The summed E-state index contributed by atoms with van der Waals surface area (Å²) in [5, 5.41) is 6.36. The molecule has 0 atom stereocenters. The van der Waals surface area contributed by atoms with E-state index in [1.807, 2.05) is 12.1 Å². The van der Waals surface area contributed by atoms with Crippen molar-refractivity contribution in [1.82, 2.24) is 10.3 Å². The zero-order valence-corrected chi connectivity index (χ0v) is 16.5. The molecule has 0 bridgehead atoms. The standard InChI is InChI=1S/C22H20FN3O2S/c23-16-9-7-15(8-10-16)20(27)26-22-19(17-5-1-2-6-18(17)29-22)21(28)25-13-14-4-3-11-24-12-14/h3-4,7-12H,1-2,5-6,13H2,(H,25,28)(H,26,27). The molecule has 1 aromatic carbocycles. The Kier molecular flexibility index (Phi) is 5.67. The maximum atomic E-state index is 13.1. The van der Waals surface area contributed by atoms with Crippen molar-refractivity contribution in [3.8, 4) is 0 Å². The van der Waals surface area contributed by atoms with Crippen LogP contribution >= 0.6 is 11.3 Å². The molecule has 0 saturated carbocycles. The molecular weight excluding hydrogens is 389 g/mol. The number of aryl methyl sites for hydroxylation is 1. The van der Waals surface area contributed by atoms with Crippen molar-refractivity contribution in [2.45, 2.75) is 32.2 Å². The predicted molar refractivity (Wildman–Crippen MR) is 111 cm³/mol. The molecule has 0 radical (unpaired) electrons. The highest BCUT2D eigenvalue weighted by Crippen LogP contribution is 2.38. The molecule has 0 saturated heterocycles. The number of carbonyl (C=O) groups excluding carboxylic acids is 2. The van der Waals surface area contributed by atoms with Gasteiger partial charge in [0.25, 0.3) is 11.8 Å². The highest BCUT2D eigenvalue weighted by molar-refractivity contribution is 7.17. The molecule has 5 nitrogen and oxygen atoms in total. The van der Waals surface area contributed by atoms with Crippen LogP contribution in [-0.4, -0.2) is 16.8 Å². The lowest BCUT2D eigenvalue weighted by Gasteiger charge is -2.13. The zero-order chi connectivity index (χ0) is 20.2. The Morgan fingerprint density at radius 3 is 2.62 bits per heavy atom. The molecule has 4 rings (SSSR count). The van der Waals surface area contributed by atoms with E-state index in [4.69, 9.17) is 0 Å². The molecule has 7 heteroatoms. The number of hydrogen-bond acceptors (Lipinski definition) is 4. The third kappa shape index (κ3) is 4.35. The molecule has 0 fully saturated rings. The summed E-state index contributed by atoms with van der Waals surface area (Å²) in [4.78, 5) is 30.8.